The van der Waals surface area contributed by atoms with Crippen LogP contribution in [0, 0.1) is 11.3 Å². The third kappa shape index (κ3) is 2.79. The van der Waals surface area contributed by atoms with Gasteiger partial charge in [-0.15, -0.1) is 0 Å². The number of hydrogen-bond acceptors (Lipinski definition) is 2. The number of rotatable bonds is 3. The van der Waals surface area contributed by atoms with E-state index in [1.54, 1.807) is 25.3 Å². The monoisotopic (exact) mass is 207 g/mol. The minimum atomic E-state index is 0.406. The maximum absolute atomic E-state index is 8.33. The largest absolute Gasteiger partial charge is 0.495 e. The lowest BCUT2D eigenvalue weighted by Gasteiger charge is -2.02. The minimum absolute atomic E-state index is 0.406. The van der Waals surface area contributed by atoms with Gasteiger partial charge in [-0.25, -0.2) is 0 Å². The van der Waals surface area contributed by atoms with Crippen LogP contribution in [0.1, 0.15) is 12.0 Å². The zero-order valence-corrected chi connectivity index (χ0v) is 8.58. The third-order valence-corrected chi connectivity index (χ3v) is 1.99. The van der Waals surface area contributed by atoms with E-state index in [0.29, 0.717) is 17.2 Å². The summed E-state index contributed by atoms with van der Waals surface area (Å²) in [4.78, 5) is 0. The molecule has 0 N–H and O–H groups in total. The number of hydrogen-bond donors (Lipinski definition) is 0. The zero-order valence-electron chi connectivity index (χ0n) is 7.83. The SMILES string of the molecule is COc1ccc(C=CCC#N)cc1Cl. The lowest BCUT2D eigenvalue weighted by Crippen LogP contribution is -1.83. The van der Waals surface area contributed by atoms with Crippen molar-refractivity contribution < 1.29 is 4.74 Å². The molecule has 0 atom stereocenters. The Hall–Kier alpha value is -1.46. The Kier molecular flexibility index (Phi) is 4.03. The highest BCUT2D eigenvalue weighted by Gasteiger charge is 1.98. The quantitative estimate of drug-likeness (QED) is 0.762. The first-order valence-electron chi connectivity index (χ1n) is 4.15. The van der Waals surface area contributed by atoms with Gasteiger partial charge in [0.25, 0.3) is 0 Å². The summed E-state index contributed by atoms with van der Waals surface area (Å²) in [5.74, 6) is 0.657. The van der Waals surface area contributed by atoms with Gasteiger partial charge in [0.15, 0.2) is 0 Å². The summed E-state index contributed by atoms with van der Waals surface area (Å²) in [6.45, 7) is 0. The van der Waals surface area contributed by atoms with E-state index in [0.717, 1.165) is 5.56 Å². The molecular formula is C11H10ClNO. The van der Waals surface area contributed by atoms with Crippen LogP contribution in [0.3, 0.4) is 0 Å². The number of benzene rings is 1. The van der Waals surface area contributed by atoms with Crippen LogP contribution >= 0.6 is 11.6 Å². The summed E-state index contributed by atoms with van der Waals surface area (Å²) in [7, 11) is 1.58. The van der Waals surface area contributed by atoms with Crippen LogP contribution in [-0.4, -0.2) is 7.11 Å². The van der Waals surface area contributed by atoms with Gasteiger partial charge >= 0.3 is 0 Å². The molecule has 0 aromatic heterocycles. The van der Waals surface area contributed by atoms with Gasteiger partial charge in [-0.2, -0.15) is 5.26 Å². The van der Waals surface area contributed by atoms with E-state index in [-0.39, 0.29) is 0 Å². The minimum Gasteiger partial charge on any atom is -0.495 e. The van der Waals surface area contributed by atoms with Gasteiger partial charge < -0.3 is 4.74 Å². The molecule has 2 nitrogen and oxygen atoms in total. The van der Waals surface area contributed by atoms with Crippen LogP contribution < -0.4 is 4.74 Å². The second-order valence-corrected chi connectivity index (χ2v) is 3.07. The number of nitrogens with zero attached hydrogens (tertiary/aromatic N) is 1. The predicted molar refractivity (Wildman–Crippen MR) is 57.3 cm³/mol. The number of methoxy groups -OCH3 is 1. The molecule has 0 spiro atoms. The molecule has 72 valence electrons. The molecule has 0 unspecified atom stereocenters. The summed E-state index contributed by atoms with van der Waals surface area (Å²) in [5.41, 5.74) is 0.964. The van der Waals surface area contributed by atoms with Crippen molar-refractivity contribution in [1.82, 2.24) is 0 Å². The fraction of sp³-hybridized carbons (Fsp3) is 0.182. The van der Waals surface area contributed by atoms with Crippen LogP contribution in [0.15, 0.2) is 24.3 Å². The maximum atomic E-state index is 8.33. The number of nitriles is 1. The molecule has 0 bridgehead atoms. The number of allylic oxidation sites excluding steroid dienone is 1. The molecule has 1 aromatic rings. The van der Waals surface area contributed by atoms with Crippen molar-refractivity contribution in [2.24, 2.45) is 0 Å². The second kappa shape index (κ2) is 5.31. The Morgan fingerprint density at radius 3 is 2.93 bits per heavy atom. The molecule has 3 heteroatoms. The van der Waals surface area contributed by atoms with E-state index in [4.69, 9.17) is 21.6 Å². The van der Waals surface area contributed by atoms with Gasteiger partial charge in [0.2, 0.25) is 0 Å². The molecule has 0 amide bonds. The first kappa shape index (κ1) is 10.6. The van der Waals surface area contributed by atoms with E-state index in [1.165, 1.54) is 0 Å². The summed E-state index contributed by atoms with van der Waals surface area (Å²) < 4.78 is 5.02. The average Bonchev–Trinajstić information content (AvgIpc) is 2.18. The topological polar surface area (TPSA) is 33.0 Å². The molecule has 1 aromatic carbocycles. The van der Waals surface area contributed by atoms with Gasteiger partial charge in [0.05, 0.1) is 24.6 Å². The number of halogens is 1. The fourth-order valence-corrected chi connectivity index (χ4v) is 1.30. The Labute approximate surface area is 88.4 Å². The van der Waals surface area contributed by atoms with Crippen molar-refractivity contribution in [2.75, 3.05) is 7.11 Å². The first-order valence-corrected chi connectivity index (χ1v) is 4.52. The van der Waals surface area contributed by atoms with Crippen molar-refractivity contribution in [3.05, 3.63) is 34.9 Å². The molecule has 0 fully saturated rings. The summed E-state index contributed by atoms with van der Waals surface area (Å²) >= 11 is 5.92. The van der Waals surface area contributed by atoms with E-state index >= 15 is 0 Å². The van der Waals surface area contributed by atoms with Crippen LogP contribution in [0.4, 0.5) is 0 Å². The molecule has 0 radical (unpaired) electrons. The van der Waals surface area contributed by atoms with Gasteiger partial charge in [-0.1, -0.05) is 29.8 Å². The molecule has 0 saturated carbocycles. The van der Waals surface area contributed by atoms with Gasteiger partial charge in [0.1, 0.15) is 5.75 Å². The third-order valence-electron chi connectivity index (χ3n) is 1.70. The average molecular weight is 208 g/mol. The molecule has 0 aliphatic heterocycles. The Bertz CT molecular complexity index is 379. The van der Waals surface area contributed by atoms with Crippen molar-refractivity contribution in [1.29, 1.82) is 5.26 Å². The molecule has 0 saturated heterocycles. The van der Waals surface area contributed by atoms with Gasteiger partial charge in [-0.05, 0) is 17.7 Å². The van der Waals surface area contributed by atoms with Crippen LogP contribution in [-0.2, 0) is 0 Å². The van der Waals surface area contributed by atoms with Crippen molar-refractivity contribution >= 4 is 17.7 Å². The van der Waals surface area contributed by atoms with Crippen molar-refractivity contribution in [2.45, 2.75) is 6.42 Å². The Balaban J connectivity index is 2.82. The normalized spacial score (nSPS) is 10.1. The summed E-state index contributed by atoms with van der Waals surface area (Å²) in [5, 5.41) is 8.91. The fourth-order valence-electron chi connectivity index (χ4n) is 1.03. The van der Waals surface area contributed by atoms with E-state index in [9.17, 15) is 0 Å². The van der Waals surface area contributed by atoms with Crippen molar-refractivity contribution in [3.63, 3.8) is 0 Å². The molecular weight excluding hydrogens is 198 g/mol. The van der Waals surface area contributed by atoms with Crippen LogP contribution in [0.25, 0.3) is 6.08 Å². The molecule has 1 rings (SSSR count). The van der Waals surface area contributed by atoms with Crippen molar-refractivity contribution in [3.8, 4) is 11.8 Å². The van der Waals surface area contributed by atoms with Crippen LogP contribution in [0.5, 0.6) is 5.75 Å². The molecule has 0 heterocycles. The molecule has 14 heavy (non-hydrogen) atoms. The highest BCUT2D eigenvalue weighted by atomic mass is 35.5. The van der Waals surface area contributed by atoms with Gasteiger partial charge in [0, 0.05) is 0 Å². The Morgan fingerprint density at radius 1 is 1.57 bits per heavy atom. The zero-order chi connectivity index (χ0) is 10.4. The maximum Gasteiger partial charge on any atom is 0.137 e. The summed E-state index contributed by atoms with van der Waals surface area (Å²) in [6, 6.07) is 7.52. The number of ether oxygens (including phenoxy) is 1. The lowest BCUT2D eigenvalue weighted by molar-refractivity contribution is 0.415. The van der Waals surface area contributed by atoms with Crippen LogP contribution in [0.2, 0.25) is 5.02 Å². The molecule has 0 aliphatic carbocycles. The lowest BCUT2D eigenvalue weighted by atomic mass is 10.2. The highest BCUT2D eigenvalue weighted by Crippen LogP contribution is 2.25. The highest BCUT2D eigenvalue weighted by molar-refractivity contribution is 6.32. The standard InChI is InChI=1S/C11H10ClNO/c1-14-11-6-5-9(8-10(11)12)4-2-3-7-13/h2,4-6,8H,3H2,1H3. The van der Waals surface area contributed by atoms with E-state index in [1.807, 2.05) is 18.2 Å². The first-order chi connectivity index (χ1) is 6.77. The second-order valence-electron chi connectivity index (χ2n) is 2.66. The molecule has 0 aliphatic rings. The Morgan fingerprint density at radius 2 is 2.36 bits per heavy atom. The van der Waals surface area contributed by atoms with Gasteiger partial charge in [-0.3, -0.25) is 0 Å². The van der Waals surface area contributed by atoms with E-state index < -0.39 is 0 Å². The van der Waals surface area contributed by atoms with E-state index in [2.05, 4.69) is 0 Å². The smallest absolute Gasteiger partial charge is 0.137 e. The predicted octanol–water partition coefficient (Wildman–Crippen LogP) is 3.28. The summed E-state index contributed by atoms with van der Waals surface area (Å²) in [6.07, 6.45) is 4.05.